The van der Waals surface area contributed by atoms with E-state index in [0.29, 0.717) is 22.1 Å². The smallest absolute Gasteiger partial charge is 0.264 e. The Kier molecular flexibility index (Phi) is 4.85. The van der Waals surface area contributed by atoms with Gasteiger partial charge in [-0.25, -0.2) is 9.97 Å². The van der Waals surface area contributed by atoms with E-state index in [9.17, 15) is 9.59 Å². The van der Waals surface area contributed by atoms with E-state index in [1.165, 1.54) is 0 Å². The lowest BCUT2D eigenvalue weighted by molar-refractivity contribution is 1.15. The fourth-order valence-corrected chi connectivity index (χ4v) is 10.7. The van der Waals surface area contributed by atoms with E-state index in [4.69, 9.17) is 9.97 Å². The van der Waals surface area contributed by atoms with E-state index in [1.807, 2.05) is 60.7 Å². The van der Waals surface area contributed by atoms with Crippen LogP contribution in [-0.2, 0) is 0 Å². The molecule has 0 spiro atoms. The molecule has 9 aromatic carbocycles. The predicted molar refractivity (Wildman–Crippen MR) is 220 cm³/mol. The second kappa shape index (κ2) is 9.09. The van der Waals surface area contributed by atoms with Crippen molar-refractivity contribution in [3.05, 3.63) is 139 Å². The van der Waals surface area contributed by atoms with Gasteiger partial charge >= 0.3 is 0 Å². The summed E-state index contributed by atoms with van der Waals surface area (Å²) in [5, 5.41) is 14.8. The van der Waals surface area contributed by atoms with E-state index in [-0.39, 0.29) is 11.1 Å². The van der Waals surface area contributed by atoms with Gasteiger partial charge in [0.15, 0.2) is 0 Å². The molecule has 240 valence electrons. The summed E-state index contributed by atoms with van der Waals surface area (Å²) in [6.45, 7) is 0. The number of hydrogen-bond acceptors (Lipinski definition) is 4. The lowest BCUT2D eigenvalue weighted by atomic mass is 9.86. The summed E-state index contributed by atoms with van der Waals surface area (Å²) in [6, 6.07) is 36.7. The van der Waals surface area contributed by atoms with Crippen LogP contribution in [0.2, 0.25) is 0 Å². The normalized spacial score (nSPS) is 13.0. The van der Waals surface area contributed by atoms with Gasteiger partial charge in [0.1, 0.15) is 11.3 Å². The lowest BCUT2D eigenvalue weighted by Gasteiger charge is -2.21. The van der Waals surface area contributed by atoms with Crippen LogP contribution in [0.15, 0.2) is 128 Å². The van der Waals surface area contributed by atoms with Crippen molar-refractivity contribution < 1.29 is 0 Å². The molecule has 0 saturated carbocycles. The molecule has 0 atom stereocenters. The number of benzene rings is 9. The summed E-state index contributed by atoms with van der Waals surface area (Å²) in [5.74, 6) is 0. The number of pyridine rings is 2. The van der Waals surface area contributed by atoms with Gasteiger partial charge in [0.05, 0.1) is 27.5 Å². The first-order valence-electron chi connectivity index (χ1n) is 17.0. The number of halogens is 2. The first-order chi connectivity index (χ1) is 25.5. The molecule has 8 heteroatoms. The third-order valence-corrected chi connectivity index (χ3v) is 12.7. The van der Waals surface area contributed by atoms with Crippen molar-refractivity contribution in [1.82, 2.24) is 18.8 Å². The minimum atomic E-state index is -0.110. The molecular weight excluding hydrogens is 776 g/mol. The standard InChI is InChI=1S/C44H18Br2N4O2/c45-27-17-25-37-26(44(52)50-32-12-4-8-20-6-2-10-30(34(20)32)48-42(25)50)18-28(46)39-22-14-16-24-36-23(15-13-21(35(22)36)38(27)40(37)39)41-47-29-9-1-5-19-7-3-11-31(33(19)29)49(41)43(24)51/h1-18H. The highest BCUT2D eigenvalue weighted by Crippen LogP contribution is 2.50. The van der Waals surface area contributed by atoms with Crippen LogP contribution in [0.5, 0.6) is 0 Å². The molecule has 13 aromatic rings. The van der Waals surface area contributed by atoms with Crippen LogP contribution in [0.1, 0.15) is 0 Å². The van der Waals surface area contributed by atoms with Crippen molar-refractivity contribution >= 4 is 151 Å². The lowest BCUT2D eigenvalue weighted by Crippen LogP contribution is -2.17. The maximum Gasteiger partial charge on any atom is 0.264 e. The molecule has 0 aliphatic heterocycles. The van der Waals surface area contributed by atoms with Crippen molar-refractivity contribution in [2.45, 2.75) is 0 Å². The highest BCUT2D eigenvalue weighted by Gasteiger charge is 2.26. The van der Waals surface area contributed by atoms with Crippen molar-refractivity contribution in [3.63, 3.8) is 0 Å². The van der Waals surface area contributed by atoms with E-state index in [1.54, 1.807) is 8.80 Å². The Morgan fingerprint density at radius 1 is 0.404 bits per heavy atom. The van der Waals surface area contributed by atoms with Gasteiger partial charge in [0.25, 0.3) is 11.1 Å². The molecular formula is C44H18Br2N4O2. The van der Waals surface area contributed by atoms with Crippen LogP contribution in [-0.4, -0.2) is 18.8 Å². The minimum Gasteiger partial charge on any atom is -0.268 e. The van der Waals surface area contributed by atoms with Crippen molar-refractivity contribution in [3.8, 4) is 0 Å². The van der Waals surface area contributed by atoms with Gasteiger partial charge in [-0.05, 0) is 75.5 Å². The summed E-state index contributed by atoms with van der Waals surface area (Å²) >= 11 is 7.97. The number of hydrogen-bond donors (Lipinski definition) is 0. The first-order valence-corrected chi connectivity index (χ1v) is 18.6. The number of aromatic nitrogens is 4. The van der Waals surface area contributed by atoms with Crippen LogP contribution >= 0.6 is 31.9 Å². The van der Waals surface area contributed by atoms with Gasteiger partial charge in [-0.3, -0.25) is 18.4 Å². The zero-order chi connectivity index (χ0) is 34.3. The van der Waals surface area contributed by atoms with Gasteiger partial charge in [0.2, 0.25) is 0 Å². The number of rotatable bonds is 0. The Bertz CT molecular complexity index is 3910. The fraction of sp³-hybridized carbons (Fsp3) is 0. The Balaban J connectivity index is 1.28. The van der Waals surface area contributed by atoms with Gasteiger partial charge in [-0.1, -0.05) is 92.5 Å². The summed E-state index contributed by atoms with van der Waals surface area (Å²) in [7, 11) is 0. The Labute approximate surface area is 307 Å². The molecule has 4 aromatic heterocycles. The molecule has 0 amide bonds. The maximum atomic E-state index is 14.7. The molecule has 0 bridgehead atoms. The third-order valence-electron chi connectivity index (χ3n) is 11.4. The predicted octanol–water partition coefficient (Wildman–Crippen LogP) is 11.1. The monoisotopic (exact) mass is 792 g/mol. The largest absolute Gasteiger partial charge is 0.268 e. The van der Waals surface area contributed by atoms with Crippen LogP contribution in [0, 0.1) is 0 Å². The second-order valence-corrected chi connectivity index (χ2v) is 15.5. The van der Waals surface area contributed by atoms with E-state index >= 15 is 0 Å². The summed E-state index contributed by atoms with van der Waals surface area (Å²) in [5.41, 5.74) is 4.44. The highest BCUT2D eigenvalue weighted by molar-refractivity contribution is 9.11. The van der Waals surface area contributed by atoms with E-state index in [2.05, 4.69) is 80.4 Å². The quantitative estimate of drug-likeness (QED) is 0.113. The molecule has 0 fully saturated rings. The van der Waals surface area contributed by atoms with Gasteiger partial charge < -0.3 is 0 Å². The van der Waals surface area contributed by atoms with Crippen LogP contribution in [0.25, 0.3) is 120 Å². The van der Waals surface area contributed by atoms with Crippen LogP contribution in [0.3, 0.4) is 0 Å². The Morgan fingerprint density at radius 2 is 0.846 bits per heavy atom. The van der Waals surface area contributed by atoms with Crippen molar-refractivity contribution in [2.75, 3.05) is 0 Å². The molecule has 0 aliphatic carbocycles. The van der Waals surface area contributed by atoms with E-state index in [0.717, 1.165) is 106 Å². The highest BCUT2D eigenvalue weighted by atomic mass is 79.9. The van der Waals surface area contributed by atoms with Gasteiger partial charge in [-0.2, -0.15) is 0 Å². The summed E-state index contributed by atoms with van der Waals surface area (Å²) in [4.78, 5) is 39.6. The Hall–Kier alpha value is -5.96. The van der Waals surface area contributed by atoms with Gasteiger partial charge in [-0.15, -0.1) is 0 Å². The second-order valence-electron chi connectivity index (χ2n) is 13.8. The number of fused-ring (bicyclic) bond motifs is 8. The fourth-order valence-electron chi connectivity index (χ4n) is 9.45. The van der Waals surface area contributed by atoms with E-state index < -0.39 is 0 Å². The molecule has 13 rings (SSSR count). The third kappa shape index (κ3) is 3.03. The van der Waals surface area contributed by atoms with Crippen molar-refractivity contribution in [1.29, 1.82) is 0 Å². The molecule has 0 aliphatic rings. The van der Waals surface area contributed by atoms with Crippen LogP contribution in [0.4, 0.5) is 0 Å². The molecule has 4 heterocycles. The molecule has 0 unspecified atom stereocenters. The minimum absolute atomic E-state index is 0.0950. The molecule has 6 nitrogen and oxygen atoms in total. The van der Waals surface area contributed by atoms with Gasteiger partial charge in [0, 0.05) is 62.8 Å². The summed E-state index contributed by atoms with van der Waals surface area (Å²) in [6.07, 6.45) is 0. The first kappa shape index (κ1) is 27.7. The molecule has 0 N–H and O–H groups in total. The molecule has 0 radical (unpaired) electrons. The average Bonchev–Trinajstić information content (AvgIpc) is 3.16. The van der Waals surface area contributed by atoms with Crippen LogP contribution < -0.4 is 11.1 Å². The zero-order valence-corrected chi connectivity index (χ0v) is 29.9. The topological polar surface area (TPSA) is 68.7 Å². The zero-order valence-electron chi connectivity index (χ0n) is 26.8. The Morgan fingerprint density at radius 3 is 1.44 bits per heavy atom. The average molecular weight is 794 g/mol. The maximum absolute atomic E-state index is 14.7. The SMILES string of the molecule is O=c1c2ccc3c4c(Br)cc5c(=O)n6c7cccc8cccc(nc6c6cc(Br)c(c9ccc(c2c39)c2nc3cccc9cccc(c93)n12)c4c56)c87. The molecule has 52 heavy (non-hydrogen) atoms. The molecule has 0 saturated heterocycles. The number of nitrogens with zero attached hydrogens (tertiary/aromatic N) is 4. The van der Waals surface area contributed by atoms with Crippen molar-refractivity contribution in [2.24, 2.45) is 0 Å². The summed E-state index contributed by atoms with van der Waals surface area (Å²) < 4.78 is 5.26.